The number of ether oxygens (including phenoxy) is 1. The van der Waals surface area contributed by atoms with Crippen molar-refractivity contribution in [1.82, 2.24) is 0 Å². The van der Waals surface area contributed by atoms with E-state index in [0.29, 0.717) is 0 Å². The lowest BCUT2D eigenvalue weighted by atomic mass is 10.0. The van der Waals surface area contributed by atoms with Crippen LogP contribution in [0.2, 0.25) is 0 Å². The predicted molar refractivity (Wildman–Crippen MR) is 265 cm³/mol. The monoisotopic (exact) mass is 862 g/mol. The van der Waals surface area contributed by atoms with E-state index < -0.39 is 0 Å². The zero-order chi connectivity index (χ0) is 42.3. The highest BCUT2D eigenvalue weighted by molar-refractivity contribution is 7.99. The molecule has 0 spiro atoms. The van der Waals surface area contributed by atoms with E-state index in [0.717, 1.165) is 23.4 Å². The van der Waals surface area contributed by atoms with Crippen molar-refractivity contribution in [2.24, 2.45) is 0 Å². The third-order valence-electron chi connectivity index (χ3n) is 11.1. The molecule has 7 heteroatoms. The summed E-state index contributed by atoms with van der Waals surface area (Å²) in [5.74, 6) is 3.75. The SMILES string of the molecule is C1=[N+](c2ccccc2)CSc2c1ccc1ccccc21.COc1cc2c(c(-c3ccccc3)c1)SC[N+](c1ccccc1)=C2.Cc1ccccc1[N+]1=Cc2cccc(C)c2SC1. The Labute approximate surface area is 378 Å². The molecule has 0 aliphatic carbocycles. The van der Waals surface area contributed by atoms with Gasteiger partial charge in [-0.1, -0.05) is 163 Å². The zero-order valence-electron chi connectivity index (χ0n) is 35.1. The summed E-state index contributed by atoms with van der Waals surface area (Å²) >= 11 is 5.71. The van der Waals surface area contributed by atoms with Gasteiger partial charge in [0.25, 0.3) is 0 Å². The van der Waals surface area contributed by atoms with Gasteiger partial charge in [-0.2, -0.15) is 13.7 Å². The molecule has 0 radical (unpaired) electrons. The number of rotatable bonds is 5. The summed E-state index contributed by atoms with van der Waals surface area (Å²) in [6.45, 7) is 4.35. The van der Waals surface area contributed by atoms with E-state index in [1.54, 1.807) is 7.11 Å². The van der Waals surface area contributed by atoms with Crippen molar-refractivity contribution in [3.8, 4) is 16.9 Å². The van der Waals surface area contributed by atoms with Crippen LogP contribution in [0.3, 0.4) is 0 Å². The molecule has 8 aromatic rings. The fourth-order valence-corrected chi connectivity index (χ4v) is 11.2. The molecule has 0 fully saturated rings. The first-order valence-corrected chi connectivity index (χ1v) is 23.8. The summed E-state index contributed by atoms with van der Waals surface area (Å²) < 4.78 is 12.5. The molecule has 0 saturated carbocycles. The Kier molecular flexibility index (Phi) is 12.8. The quantitative estimate of drug-likeness (QED) is 0.160. The third-order valence-corrected chi connectivity index (χ3v) is 14.7. The van der Waals surface area contributed by atoms with Crippen molar-refractivity contribution < 1.29 is 18.5 Å². The second-order valence-corrected chi connectivity index (χ2v) is 18.1. The molecule has 0 aromatic heterocycles. The Morgan fingerprint density at radius 3 is 1.69 bits per heavy atom. The number of methoxy groups -OCH3 is 1. The van der Waals surface area contributed by atoms with Crippen molar-refractivity contribution in [3.05, 3.63) is 210 Å². The van der Waals surface area contributed by atoms with Crippen molar-refractivity contribution in [2.75, 3.05) is 24.7 Å². The molecule has 304 valence electrons. The fraction of sp³-hybridized carbons (Fsp3) is 0.109. The first kappa shape index (κ1) is 41.2. The molecule has 3 heterocycles. The van der Waals surface area contributed by atoms with Crippen LogP contribution in [0.4, 0.5) is 17.1 Å². The van der Waals surface area contributed by atoms with Crippen molar-refractivity contribution in [3.63, 3.8) is 0 Å². The molecule has 0 atom stereocenters. The van der Waals surface area contributed by atoms with E-state index in [2.05, 4.69) is 216 Å². The van der Waals surface area contributed by atoms with Gasteiger partial charge in [0.1, 0.15) is 5.75 Å². The Bertz CT molecular complexity index is 2960. The lowest BCUT2D eigenvalue weighted by Crippen LogP contribution is -2.14. The lowest BCUT2D eigenvalue weighted by molar-refractivity contribution is -0.411. The number of para-hydroxylation sites is 3. The molecule has 0 unspecified atom stereocenters. The zero-order valence-corrected chi connectivity index (χ0v) is 37.6. The second kappa shape index (κ2) is 19.3. The summed E-state index contributed by atoms with van der Waals surface area (Å²) in [6, 6.07) is 63.9. The minimum absolute atomic E-state index is 0.888. The minimum Gasteiger partial charge on any atom is -0.497 e. The minimum atomic E-state index is 0.888. The Balaban J connectivity index is 0.000000120. The number of nitrogens with zero attached hydrogens (tertiary/aromatic N) is 3. The van der Waals surface area contributed by atoms with Crippen LogP contribution >= 0.6 is 35.3 Å². The highest BCUT2D eigenvalue weighted by Crippen LogP contribution is 2.40. The van der Waals surface area contributed by atoms with Crippen molar-refractivity contribution in [2.45, 2.75) is 28.5 Å². The van der Waals surface area contributed by atoms with Crippen LogP contribution in [-0.2, 0) is 0 Å². The second-order valence-electron chi connectivity index (χ2n) is 15.2. The van der Waals surface area contributed by atoms with Crippen LogP contribution in [0.15, 0.2) is 197 Å². The molecule has 3 aliphatic rings. The summed E-state index contributed by atoms with van der Waals surface area (Å²) in [6.07, 6.45) is 6.74. The van der Waals surface area contributed by atoms with E-state index in [1.807, 2.05) is 47.4 Å². The summed E-state index contributed by atoms with van der Waals surface area (Å²) in [4.78, 5) is 4.13. The van der Waals surface area contributed by atoms with Gasteiger partial charge >= 0.3 is 0 Å². The van der Waals surface area contributed by atoms with Crippen LogP contribution in [0.5, 0.6) is 5.75 Å². The van der Waals surface area contributed by atoms with Gasteiger partial charge in [0.2, 0.25) is 17.1 Å². The number of hydrogen-bond acceptors (Lipinski definition) is 4. The van der Waals surface area contributed by atoms with E-state index in [4.69, 9.17) is 4.74 Å². The van der Waals surface area contributed by atoms with Crippen LogP contribution in [0, 0.1) is 13.8 Å². The predicted octanol–water partition coefficient (Wildman–Crippen LogP) is 14.0. The maximum atomic E-state index is 5.54. The number of benzene rings is 8. The Morgan fingerprint density at radius 2 is 0.984 bits per heavy atom. The maximum Gasteiger partial charge on any atom is 0.208 e. The number of hydrogen-bond donors (Lipinski definition) is 0. The molecule has 3 aliphatic heterocycles. The van der Waals surface area contributed by atoms with Gasteiger partial charge in [0.15, 0.2) is 36.3 Å². The van der Waals surface area contributed by atoms with Crippen LogP contribution < -0.4 is 4.74 Å². The van der Waals surface area contributed by atoms with Crippen LogP contribution in [0.25, 0.3) is 21.9 Å². The molecule has 11 rings (SSSR count). The maximum absolute atomic E-state index is 5.54. The number of thioether (sulfide) groups is 3. The fourth-order valence-electron chi connectivity index (χ4n) is 7.91. The van der Waals surface area contributed by atoms with Crippen molar-refractivity contribution in [1.29, 1.82) is 0 Å². The van der Waals surface area contributed by atoms with Crippen LogP contribution in [-0.4, -0.2) is 57.1 Å². The number of fused-ring (bicyclic) bond motifs is 5. The normalized spacial score (nSPS) is 13.6. The summed E-state index contributed by atoms with van der Waals surface area (Å²) in [7, 11) is 1.72. The van der Waals surface area contributed by atoms with Gasteiger partial charge in [0.05, 0.1) is 23.8 Å². The summed E-state index contributed by atoms with van der Waals surface area (Å²) in [5, 5.41) is 2.68. The van der Waals surface area contributed by atoms with Gasteiger partial charge in [-0.15, -0.1) is 0 Å². The molecule has 4 nitrogen and oxygen atoms in total. The Morgan fingerprint density at radius 1 is 0.435 bits per heavy atom. The van der Waals surface area contributed by atoms with Gasteiger partial charge < -0.3 is 4.74 Å². The lowest BCUT2D eigenvalue weighted by Gasteiger charge is -2.17. The molecule has 0 saturated heterocycles. The molecule has 0 amide bonds. The largest absolute Gasteiger partial charge is 0.497 e. The first-order valence-electron chi connectivity index (χ1n) is 20.8. The average Bonchev–Trinajstić information content (AvgIpc) is 3.34. The molecular formula is C55H48N3OS3+3. The van der Waals surface area contributed by atoms with Gasteiger partial charge in [-0.3, -0.25) is 0 Å². The average molecular weight is 863 g/mol. The van der Waals surface area contributed by atoms with E-state index in [9.17, 15) is 0 Å². The van der Waals surface area contributed by atoms with Crippen LogP contribution in [0.1, 0.15) is 27.8 Å². The molecular weight excluding hydrogens is 815 g/mol. The van der Waals surface area contributed by atoms with Crippen molar-refractivity contribution >= 4 is 81.8 Å². The van der Waals surface area contributed by atoms with Gasteiger partial charge in [-0.05, 0) is 65.6 Å². The Hall–Kier alpha value is -6.12. The van der Waals surface area contributed by atoms with E-state index >= 15 is 0 Å². The highest BCUT2D eigenvalue weighted by atomic mass is 32.2. The standard InChI is InChI=1S/C21H18NOS.C18H14NS.C16H16NS/c1-23-19-12-17-14-22(18-10-6-3-7-11-18)15-24-21(17)20(13-19)16-8-4-2-5-9-16;1-2-7-16(8-3-1)19-12-15-11-10-14-6-4-5-9-17(14)18(15)20-13-19;1-12-6-3-4-9-15(12)17-10-14-8-5-7-13(2)16(14)18-11-17/h2-14H,15H2,1H3;1-12H,13H2;3-10H,11H2,1-2H3/q3*+1. The van der Waals surface area contributed by atoms with Gasteiger partial charge in [0, 0.05) is 50.6 Å². The van der Waals surface area contributed by atoms with E-state index in [1.165, 1.54) is 81.5 Å². The molecule has 8 aromatic carbocycles. The summed E-state index contributed by atoms with van der Waals surface area (Å²) in [5.41, 5.74) is 12.8. The topological polar surface area (TPSA) is 18.3 Å². The third kappa shape index (κ3) is 9.21. The molecule has 0 N–H and O–H groups in total. The van der Waals surface area contributed by atoms with E-state index in [-0.39, 0.29) is 0 Å². The number of aryl methyl sites for hydroxylation is 2. The van der Waals surface area contributed by atoms with Gasteiger partial charge in [-0.25, -0.2) is 0 Å². The highest BCUT2D eigenvalue weighted by Gasteiger charge is 2.24. The first-order chi connectivity index (χ1) is 30.5. The molecule has 62 heavy (non-hydrogen) atoms. The molecule has 0 bridgehead atoms. The smallest absolute Gasteiger partial charge is 0.208 e.